The lowest BCUT2D eigenvalue weighted by Gasteiger charge is -2.15. The first-order chi connectivity index (χ1) is 9.06. The van der Waals surface area contributed by atoms with Crippen molar-refractivity contribution in [2.75, 3.05) is 20.0 Å². The fourth-order valence-corrected chi connectivity index (χ4v) is 2.01. The molecule has 1 aromatic carbocycles. The van der Waals surface area contributed by atoms with Crippen LogP contribution < -0.4 is 15.2 Å². The molecule has 0 atom stereocenters. The van der Waals surface area contributed by atoms with Crippen molar-refractivity contribution in [1.82, 2.24) is 5.16 Å². The molecule has 0 aliphatic carbocycles. The summed E-state index contributed by atoms with van der Waals surface area (Å²) in [4.78, 5) is 0. The van der Waals surface area contributed by atoms with Crippen LogP contribution in [0, 0.1) is 0 Å². The molecule has 102 valence electrons. The Morgan fingerprint density at radius 2 is 1.74 bits per heavy atom. The number of nitrogen functional groups attached to an aromatic ring is 1. The second-order valence-corrected chi connectivity index (χ2v) is 4.56. The van der Waals surface area contributed by atoms with Crippen LogP contribution in [0.25, 0.3) is 11.3 Å². The predicted molar refractivity (Wildman–Crippen MR) is 73.5 cm³/mol. The summed E-state index contributed by atoms with van der Waals surface area (Å²) >= 11 is 0. The lowest BCUT2D eigenvalue weighted by molar-refractivity contribution is 0.354. The summed E-state index contributed by atoms with van der Waals surface area (Å²) in [6, 6.07) is 5.56. The van der Waals surface area contributed by atoms with Gasteiger partial charge < -0.3 is 19.7 Å². The van der Waals surface area contributed by atoms with E-state index in [1.165, 1.54) is 0 Å². The Morgan fingerprint density at radius 3 is 2.21 bits per heavy atom. The number of anilines is 1. The second kappa shape index (κ2) is 5.22. The lowest BCUT2D eigenvalue weighted by Crippen LogP contribution is -1.98. The molecule has 0 radical (unpaired) electrons. The van der Waals surface area contributed by atoms with Crippen LogP contribution >= 0.6 is 0 Å². The Labute approximate surface area is 112 Å². The Bertz CT molecular complexity index is 576. The maximum absolute atomic E-state index is 5.58. The van der Waals surface area contributed by atoms with Crippen molar-refractivity contribution in [2.24, 2.45) is 0 Å². The Balaban J connectivity index is 2.63. The molecule has 0 fully saturated rings. The number of ether oxygens (including phenoxy) is 2. The van der Waals surface area contributed by atoms with Gasteiger partial charge in [-0.15, -0.1) is 0 Å². The van der Waals surface area contributed by atoms with Gasteiger partial charge >= 0.3 is 0 Å². The summed E-state index contributed by atoms with van der Waals surface area (Å²) in [5.74, 6) is 1.96. The minimum absolute atomic E-state index is 0.291. The molecule has 1 heterocycles. The van der Waals surface area contributed by atoms with E-state index in [2.05, 4.69) is 19.0 Å². The van der Waals surface area contributed by atoms with Crippen molar-refractivity contribution in [3.63, 3.8) is 0 Å². The molecule has 0 amide bonds. The SMILES string of the molecule is COc1cc(-c2cc(N)on2)c(C(C)C)cc1OC. The van der Waals surface area contributed by atoms with E-state index in [9.17, 15) is 0 Å². The fourth-order valence-electron chi connectivity index (χ4n) is 2.01. The van der Waals surface area contributed by atoms with E-state index >= 15 is 0 Å². The van der Waals surface area contributed by atoms with E-state index in [0.717, 1.165) is 11.1 Å². The van der Waals surface area contributed by atoms with Gasteiger partial charge in [0.2, 0.25) is 5.88 Å². The van der Waals surface area contributed by atoms with Crippen molar-refractivity contribution < 1.29 is 14.0 Å². The highest BCUT2D eigenvalue weighted by molar-refractivity contribution is 5.70. The van der Waals surface area contributed by atoms with Crippen molar-refractivity contribution >= 4 is 5.88 Å². The molecular formula is C14H18N2O3. The average Bonchev–Trinajstić information content (AvgIpc) is 2.83. The maximum atomic E-state index is 5.58. The molecule has 0 aliphatic rings. The molecule has 0 aliphatic heterocycles. The molecular weight excluding hydrogens is 244 g/mol. The Kier molecular flexibility index (Phi) is 3.64. The summed E-state index contributed by atoms with van der Waals surface area (Å²) in [6.45, 7) is 4.21. The lowest BCUT2D eigenvalue weighted by atomic mass is 9.94. The van der Waals surface area contributed by atoms with Gasteiger partial charge in [0, 0.05) is 11.6 Å². The number of methoxy groups -OCH3 is 2. The number of nitrogens with two attached hydrogens (primary N) is 1. The van der Waals surface area contributed by atoms with E-state index in [1.807, 2.05) is 12.1 Å². The van der Waals surface area contributed by atoms with E-state index < -0.39 is 0 Å². The van der Waals surface area contributed by atoms with Crippen LogP contribution in [0.2, 0.25) is 0 Å². The topological polar surface area (TPSA) is 70.5 Å². The molecule has 19 heavy (non-hydrogen) atoms. The van der Waals surface area contributed by atoms with Crippen molar-refractivity contribution in [3.8, 4) is 22.8 Å². The molecule has 2 aromatic rings. The van der Waals surface area contributed by atoms with Gasteiger partial charge in [0.15, 0.2) is 11.5 Å². The Hall–Kier alpha value is -2.17. The zero-order valence-corrected chi connectivity index (χ0v) is 11.6. The molecule has 2 rings (SSSR count). The first kappa shape index (κ1) is 13.3. The first-order valence-corrected chi connectivity index (χ1v) is 6.05. The molecule has 0 saturated heterocycles. The van der Waals surface area contributed by atoms with Crippen LogP contribution in [0.3, 0.4) is 0 Å². The third-order valence-corrected chi connectivity index (χ3v) is 2.98. The van der Waals surface area contributed by atoms with Crippen LogP contribution in [0.1, 0.15) is 25.3 Å². The van der Waals surface area contributed by atoms with Crippen LogP contribution in [-0.4, -0.2) is 19.4 Å². The van der Waals surface area contributed by atoms with Crippen molar-refractivity contribution in [2.45, 2.75) is 19.8 Å². The second-order valence-electron chi connectivity index (χ2n) is 4.56. The van der Waals surface area contributed by atoms with Gasteiger partial charge in [0.05, 0.1) is 14.2 Å². The smallest absolute Gasteiger partial charge is 0.222 e. The molecule has 0 bridgehead atoms. The van der Waals surface area contributed by atoms with Gasteiger partial charge in [-0.25, -0.2) is 0 Å². The number of rotatable bonds is 4. The quantitative estimate of drug-likeness (QED) is 0.916. The van der Waals surface area contributed by atoms with E-state index in [1.54, 1.807) is 20.3 Å². The minimum atomic E-state index is 0.291. The minimum Gasteiger partial charge on any atom is -0.493 e. The van der Waals surface area contributed by atoms with Crippen LogP contribution in [-0.2, 0) is 0 Å². The van der Waals surface area contributed by atoms with Gasteiger partial charge in [-0.3, -0.25) is 0 Å². The largest absolute Gasteiger partial charge is 0.493 e. The number of nitrogens with zero attached hydrogens (tertiary/aromatic N) is 1. The first-order valence-electron chi connectivity index (χ1n) is 6.05. The average molecular weight is 262 g/mol. The normalized spacial score (nSPS) is 10.8. The molecule has 0 spiro atoms. The van der Waals surface area contributed by atoms with Gasteiger partial charge in [-0.05, 0) is 23.6 Å². The number of hydrogen-bond acceptors (Lipinski definition) is 5. The van der Waals surface area contributed by atoms with Crippen molar-refractivity contribution in [1.29, 1.82) is 0 Å². The summed E-state index contributed by atoms with van der Waals surface area (Å²) in [6.07, 6.45) is 0. The highest BCUT2D eigenvalue weighted by Crippen LogP contribution is 2.38. The van der Waals surface area contributed by atoms with E-state index in [0.29, 0.717) is 29.0 Å². The van der Waals surface area contributed by atoms with Gasteiger partial charge in [0.1, 0.15) is 5.69 Å². The highest BCUT2D eigenvalue weighted by Gasteiger charge is 2.17. The third-order valence-electron chi connectivity index (χ3n) is 2.98. The van der Waals surface area contributed by atoms with Crippen LogP contribution in [0.5, 0.6) is 11.5 Å². The fraction of sp³-hybridized carbons (Fsp3) is 0.357. The van der Waals surface area contributed by atoms with Crippen LogP contribution in [0.15, 0.2) is 22.7 Å². The Morgan fingerprint density at radius 1 is 1.11 bits per heavy atom. The monoisotopic (exact) mass is 262 g/mol. The predicted octanol–water partition coefficient (Wildman–Crippen LogP) is 3.06. The number of aromatic nitrogens is 1. The summed E-state index contributed by atoms with van der Waals surface area (Å²) in [7, 11) is 3.23. The van der Waals surface area contributed by atoms with E-state index in [-0.39, 0.29) is 0 Å². The maximum Gasteiger partial charge on any atom is 0.222 e. The highest BCUT2D eigenvalue weighted by atomic mass is 16.5. The number of benzene rings is 1. The standard InChI is InChI=1S/C14H18N2O3/c1-8(2)9-5-12(17-3)13(18-4)6-10(9)11-7-14(15)19-16-11/h5-8H,15H2,1-4H3. The third kappa shape index (κ3) is 2.50. The molecule has 0 saturated carbocycles. The summed E-state index contributed by atoms with van der Waals surface area (Å²) < 4.78 is 15.6. The summed E-state index contributed by atoms with van der Waals surface area (Å²) in [5, 5.41) is 3.96. The molecule has 2 N–H and O–H groups in total. The molecule has 0 unspecified atom stereocenters. The number of hydrogen-bond donors (Lipinski definition) is 1. The van der Waals surface area contributed by atoms with Crippen molar-refractivity contribution in [3.05, 3.63) is 23.8 Å². The zero-order valence-electron chi connectivity index (χ0n) is 11.6. The molecule has 5 heteroatoms. The van der Waals surface area contributed by atoms with E-state index in [4.69, 9.17) is 19.7 Å². The molecule has 1 aromatic heterocycles. The van der Waals surface area contributed by atoms with Gasteiger partial charge in [-0.2, -0.15) is 0 Å². The van der Waals surface area contributed by atoms with Gasteiger partial charge in [-0.1, -0.05) is 19.0 Å². The van der Waals surface area contributed by atoms with Crippen LogP contribution in [0.4, 0.5) is 5.88 Å². The summed E-state index contributed by atoms with van der Waals surface area (Å²) in [5.41, 5.74) is 8.32. The van der Waals surface area contributed by atoms with Gasteiger partial charge in [0.25, 0.3) is 0 Å². The molecule has 5 nitrogen and oxygen atoms in total. The zero-order chi connectivity index (χ0) is 14.0.